The quantitative estimate of drug-likeness (QED) is 0.163. The molecule has 0 bridgehead atoms. The maximum absolute atomic E-state index is 2.66. The molecule has 0 spiro atoms. The number of fused-ring (bicyclic) bond motifs is 7. The van der Waals surface area contributed by atoms with Gasteiger partial charge in [0.1, 0.15) is 0 Å². The Morgan fingerprint density at radius 2 is 1.06 bits per heavy atom. The summed E-state index contributed by atoms with van der Waals surface area (Å²) in [6, 6.07) is 64.8. The maximum atomic E-state index is 2.66. The Hall–Kier alpha value is -6.58. The van der Waals surface area contributed by atoms with Crippen molar-refractivity contribution >= 4 is 46.2 Å². The average molecular weight is 815 g/mol. The van der Waals surface area contributed by atoms with Crippen LogP contribution in [-0.2, 0) is 16.2 Å². The Balaban J connectivity index is 1.27. The van der Waals surface area contributed by atoms with Gasteiger partial charge in [0.2, 0.25) is 0 Å². The largest absolute Gasteiger partial charge is 0.376 e. The van der Waals surface area contributed by atoms with Crippen LogP contribution < -0.4 is 20.6 Å². The Bertz CT molecular complexity index is 3110. The van der Waals surface area contributed by atoms with E-state index < -0.39 is 0 Å². The third kappa shape index (κ3) is 6.15. The number of hydrogen-bond acceptors (Lipinski definition) is 2. The fourth-order valence-corrected chi connectivity index (χ4v) is 10.8. The van der Waals surface area contributed by atoms with Crippen molar-refractivity contribution < 1.29 is 0 Å². The molecule has 3 heteroatoms. The molecule has 8 aromatic rings. The highest BCUT2D eigenvalue weighted by Crippen LogP contribution is 2.54. The molecule has 0 amide bonds. The minimum atomic E-state index is -0.165. The van der Waals surface area contributed by atoms with Crippen LogP contribution in [0.1, 0.15) is 83.2 Å². The monoisotopic (exact) mass is 814 g/mol. The number of rotatable bonds is 4. The van der Waals surface area contributed by atoms with Crippen molar-refractivity contribution in [3.63, 3.8) is 0 Å². The van der Waals surface area contributed by atoms with Crippen LogP contribution in [0.4, 0.5) is 28.4 Å². The summed E-state index contributed by atoms with van der Waals surface area (Å²) in [5, 5.41) is 0. The molecular weight excluding hydrogens is 759 g/mol. The van der Waals surface area contributed by atoms with Crippen molar-refractivity contribution in [1.29, 1.82) is 0 Å². The van der Waals surface area contributed by atoms with Crippen molar-refractivity contribution in [2.45, 2.75) is 78.6 Å². The second-order valence-corrected chi connectivity index (χ2v) is 20.7. The summed E-state index contributed by atoms with van der Waals surface area (Å²) in [6.45, 7) is 20.9. The first-order chi connectivity index (χ1) is 30.2. The molecule has 63 heavy (non-hydrogen) atoms. The van der Waals surface area contributed by atoms with E-state index in [1.807, 2.05) is 0 Å². The van der Waals surface area contributed by atoms with E-state index >= 15 is 0 Å². The smallest absolute Gasteiger partial charge is 0.333 e. The lowest BCUT2D eigenvalue weighted by Gasteiger charge is -2.47. The van der Waals surface area contributed by atoms with Crippen molar-refractivity contribution in [2.24, 2.45) is 0 Å². The molecular formula is C60H55BN2. The maximum Gasteiger partial charge on any atom is 0.333 e. The first-order valence-corrected chi connectivity index (χ1v) is 22.7. The Labute approximate surface area is 375 Å². The van der Waals surface area contributed by atoms with Crippen LogP contribution in [0.5, 0.6) is 0 Å². The molecule has 0 saturated heterocycles. The molecule has 308 valence electrons. The predicted octanol–water partition coefficient (Wildman–Crippen LogP) is 14.9. The molecule has 8 aromatic carbocycles. The fraction of sp³-hybridized carbons (Fsp3) is 0.200. The number of aryl methyl sites for hydroxylation is 1. The van der Waals surface area contributed by atoms with Crippen LogP contribution in [0, 0.1) is 6.92 Å². The van der Waals surface area contributed by atoms with Crippen LogP contribution in [0.15, 0.2) is 170 Å². The summed E-state index contributed by atoms with van der Waals surface area (Å²) < 4.78 is 0. The Morgan fingerprint density at radius 1 is 0.429 bits per heavy atom. The van der Waals surface area contributed by atoms with Crippen molar-refractivity contribution in [2.75, 3.05) is 9.71 Å². The van der Waals surface area contributed by atoms with Gasteiger partial charge in [0.05, 0.1) is 5.69 Å². The SMILES string of the molecule is Cc1cc2c3c(c1)N(c1ccc(C(C)(C)C)cc1-c1ccccc1)c1cc4c(cc1B3N(c1ccc(C(C)(C)C)cc1)c1ccc(-c3ccccc3)cc1-2)C(C)(C)c1ccccc1-4. The van der Waals surface area contributed by atoms with E-state index in [4.69, 9.17) is 0 Å². The highest BCUT2D eigenvalue weighted by atomic mass is 15.2. The lowest BCUT2D eigenvalue weighted by molar-refractivity contribution is 0.590. The number of hydrogen-bond donors (Lipinski definition) is 0. The molecule has 11 rings (SSSR count). The number of nitrogens with zero attached hydrogens (tertiary/aromatic N) is 2. The standard InChI is InChI=1S/C60H55BN2/c1-38-32-49-48-34-41(39-18-12-10-13-19-39)24-30-54(48)63(44-28-25-42(26-29-44)58(2,3)4)61-52-37-51-47(45-22-16-17-23-50(45)60(51,8)9)36-55(52)62(56(33-38)57(49)61)53-31-27-43(59(5,6)7)35-46(53)40-20-14-11-15-21-40/h10-37H,1-9H3. The van der Waals surface area contributed by atoms with Crippen molar-refractivity contribution in [3.05, 3.63) is 198 Å². The van der Waals surface area contributed by atoms with Crippen LogP contribution in [0.2, 0.25) is 0 Å². The number of benzene rings is 8. The Kier molecular flexibility index (Phi) is 8.71. The molecule has 0 aromatic heterocycles. The zero-order chi connectivity index (χ0) is 43.6. The molecule has 2 aliphatic heterocycles. The zero-order valence-electron chi connectivity index (χ0n) is 38.1. The van der Waals surface area contributed by atoms with E-state index in [2.05, 4.69) is 242 Å². The van der Waals surface area contributed by atoms with Crippen LogP contribution in [0.3, 0.4) is 0 Å². The van der Waals surface area contributed by atoms with E-state index in [-0.39, 0.29) is 23.1 Å². The van der Waals surface area contributed by atoms with Gasteiger partial charge in [-0.05, 0) is 138 Å². The van der Waals surface area contributed by atoms with E-state index in [0.29, 0.717) is 0 Å². The third-order valence-corrected chi connectivity index (χ3v) is 14.2. The molecule has 3 aliphatic rings. The van der Waals surface area contributed by atoms with Gasteiger partial charge in [0.15, 0.2) is 0 Å². The van der Waals surface area contributed by atoms with E-state index in [0.717, 1.165) is 0 Å². The van der Waals surface area contributed by atoms with E-state index in [1.54, 1.807) is 0 Å². The molecule has 0 saturated carbocycles. The topological polar surface area (TPSA) is 6.48 Å². The molecule has 2 nitrogen and oxygen atoms in total. The van der Waals surface area contributed by atoms with Gasteiger partial charge in [-0.3, -0.25) is 0 Å². The molecule has 1 aliphatic carbocycles. The van der Waals surface area contributed by atoms with Gasteiger partial charge in [-0.15, -0.1) is 0 Å². The minimum Gasteiger partial charge on any atom is -0.376 e. The zero-order valence-corrected chi connectivity index (χ0v) is 38.1. The van der Waals surface area contributed by atoms with Gasteiger partial charge in [0, 0.05) is 39.3 Å². The first kappa shape index (κ1) is 39.3. The van der Waals surface area contributed by atoms with Crippen molar-refractivity contribution in [3.8, 4) is 44.5 Å². The molecule has 0 N–H and O–H groups in total. The molecule has 0 atom stereocenters. The molecule has 0 unspecified atom stereocenters. The summed E-state index contributed by atoms with van der Waals surface area (Å²) in [5.74, 6) is 0. The predicted molar refractivity (Wildman–Crippen MR) is 271 cm³/mol. The van der Waals surface area contributed by atoms with Crippen LogP contribution >= 0.6 is 0 Å². The average Bonchev–Trinajstić information content (AvgIpc) is 3.50. The van der Waals surface area contributed by atoms with E-state index in [9.17, 15) is 0 Å². The summed E-state index contributed by atoms with van der Waals surface area (Å²) >= 11 is 0. The summed E-state index contributed by atoms with van der Waals surface area (Å²) in [6.07, 6.45) is 0. The minimum absolute atomic E-state index is 0.0191. The summed E-state index contributed by atoms with van der Waals surface area (Å²) in [4.78, 5) is 5.30. The van der Waals surface area contributed by atoms with Crippen LogP contribution in [-0.4, -0.2) is 6.85 Å². The summed E-state index contributed by atoms with van der Waals surface area (Å²) in [7, 11) is 0. The first-order valence-electron chi connectivity index (χ1n) is 22.7. The second-order valence-electron chi connectivity index (χ2n) is 20.7. The number of anilines is 5. The third-order valence-electron chi connectivity index (χ3n) is 14.2. The van der Waals surface area contributed by atoms with Gasteiger partial charge < -0.3 is 9.71 Å². The van der Waals surface area contributed by atoms with Gasteiger partial charge in [-0.1, -0.05) is 177 Å². The fourth-order valence-electron chi connectivity index (χ4n) is 10.8. The lowest BCUT2D eigenvalue weighted by Crippen LogP contribution is -2.61. The lowest BCUT2D eigenvalue weighted by atomic mass is 9.43. The van der Waals surface area contributed by atoms with Crippen molar-refractivity contribution in [1.82, 2.24) is 0 Å². The molecule has 0 radical (unpaired) electrons. The Morgan fingerprint density at radius 3 is 1.76 bits per heavy atom. The molecule has 2 heterocycles. The summed E-state index contributed by atoms with van der Waals surface area (Å²) in [5.41, 5.74) is 25.4. The van der Waals surface area contributed by atoms with Gasteiger partial charge in [-0.2, -0.15) is 0 Å². The second kappa shape index (κ2) is 14.0. The molecule has 0 fully saturated rings. The van der Waals surface area contributed by atoms with Gasteiger partial charge in [0.25, 0.3) is 0 Å². The highest BCUT2D eigenvalue weighted by Gasteiger charge is 2.48. The van der Waals surface area contributed by atoms with E-state index in [1.165, 1.54) is 112 Å². The highest BCUT2D eigenvalue weighted by molar-refractivity contribution is 6.93. The normalized spacial score (nSPS) is 14.5. The van der Waals surface area contributed by atoms with Gasteiger partial charge >= 0.3 is 6.85 Å². The van der Waals surface area contributed by atoms with Gasteiger partial charge in [-0.25, -0.2) is 0 Å². The van der Waals surface area contributed by atoms with Crippen LogP contribution in [0.25, 0.3) is 44.5 Å².